The number of hydrogen-bond acceptors (Lipinski definition) is 3. The third-order valence-corrected chi connectivity index (χ3v) is 4.12. The van der Waals surface area contributed by atoms with Gasteiger partial charge in [0.2, 0.25) is 0 Å². The predicted octanol–water partition coefficient (Wildman–Crippen LogP) is 1.89. The number of aliphatic hydroxyl groups is 1. The summed E-state index contributed by atoms with van der Waals surface area (Å²) in [6.07, 6.45) is -2.06. The predicted molar refractivity (Wildman–Crippen MR) is 76.5 cm³/mol. The Bertz CT molecular complexity index is 569. The third-order valence-electron chi connectivity index (χ3n) is 4.12. The Hall–Kier alpha value is -1.77. The van der Waals surface area contributed by atoms with E-state index in [4.69, 9.17) is 0 Å². The second kappa shape index (κ2) is 6.38. The van der Waals surface area contributed by atoms with Crippen molar-refractivity contribution in [3.63, 3.8) is 0 Å². The fourth-order valence-electron chi connectivity index (χ4n) is 2.65. The molecular weight excluding hydrogens is 313 g/mol. The van der Waals surface area contributed by atoms with Crippen LogP contribution in [-0.4, -0.2) is 44.5 Å². The van der Waals surface area contributed by atoms with Gasteiger partial charge in [-0.15, -0.1) is 0 Å². The minimum atomic E-state index is -4.50. The van der Waals surface area contributed by atoms with Crippen molar-refractivity contribution in [3.8, 4) is 0 Å². The summed E-state index contributed by atoms with van der Waals surface area (Å²) in [6.45, 7) is 2.31. The molecule has 0 aromatic carbocycles. The van der Waals surface area contributed by atoms with Gasteiger partial charge in [-0.3, -0.25) is 4.68 Å². The van der Waals surface area contributed by atoms with Gasteiger partial charge < -0.3 is 15.3 Å². The summed E-state index contributed by atoms with van der Waals surface area (Å²) in [5.74, 6) is 0. The summed E-state index contributed by atoms with van der Waals surface area (Å²) in [5.41, 5.74) is -1.74. The van der Waals surface area contributed by atoms with Crippen LogP contribution in [-0.2, 0) is 19.8 Å². The lowest BCUT2D eigenvalue weighted by Gasteiger charge is -2.23. The lowest BCUT2D eigenvalue weighted by molar-refractivity contribution is -0.138. The first-order valence-electron chi connectivity index (χ1n) is 7.43. The van der Waals surface area contributed by atoms with E-state index in [2.05, 4.69) is 10.4 Å². The van der Waals surface area contributed by atoms with Gasteiger partial charge in [0.05, 0.1) is 29.6 Å². The fourth-order valence-corrected chi connectivity index (χ4v) is 2.65. The Kier molecular flexibility index (Phi) is 4.88. The number of carbonyl (C=O) groups excluding carboxylic acids is 1. The second-order valence-corrected chi connectivity index (χ2v) is 6.12. The lowest BCUT2D eigenvalue weighted by atomic mass is 9.98. The van der Waals surface area contributed by atoms with Crippen LogP contribution in [0.1, 0.15) is 37.4 Å². The number of urea groups is 1. The van der Waals surface area contributed by atoms with Crippen molar-refractivity contribution in [2.45, 2.75) is 44.5 Å². The zero-order valence-corrected chi connectivity index (χ0v) is 13.2. The summed E-state index contributed by atoms with van der Waals surface area (Å²) in [6, 6.07) is -0.433. The molecule has 1 aliphatic heterocycles. The third kappa shape index (κ3) is 4.37. The maximum Gasteiger partial charge on any atom is 0.419 e. The fraction of sp³-hybridized carbons (Fsp3) is 0.714. The molecule has 2 heterocycles. The van der Waals surface area contributed by atoms with E-state index in [0.29, 0.717) is 32.4 Å². The van der Waals surface area contributed by atoms with E-state index >= 15 is 0 Å². The van der Waals surface area contributed by atoms with E-state index < -0.39 is 23.4 Å². The molecule has 130 valence electrons. The topological polar surface area (TPSA) is 70.4 Å². The van der Waals surface area contributed by atoms with Gasteiger partial charge >= 0.3 is 12.2 Å². The zero-order chi connectivity index (χ0) is 17.3. The molecule has 1 fully saturated rings. The number of nitrogens with one attached hydrogen (secondary N) is 1. The largest absolute Gasteiger partial charge is 0.419 e. The number of aryl methyl sites for hydroxylation is 1. The minimum Gasteiger partial charge on any atom is -0.390 e. The van der Waals surface area contributed by atoms with Crippen LogP contribution >= 0.6 is 0 Å². The van der Waals surface area contributed by atoms with Gasteiger partial charge in [-0.1, -0.05) is 0 Å². The number of likely N-dealkylation sites (tertiary alicyclic amines) is 1. The molecule has 1 aromatic heterocycles. The Morgan fingerprint density at radius 1 is 1.43 bits per heavy atom. The summed E-state index contributed by atoms with van der Waals surface area (Å²) < 4.78 is 39.7. The van der Waals surface area contributed by atoms with Crippen LogP contribution in [0.2, 0.25) is 0 Å². The number of carbonyl (C=O) groups is 1. The number of alkyl halides is 3. The molecule has 0 radical (unpaired) electrons. The van der Waals surface area contributed by atoms with Crippen LogP contribution in [0, 0.1) is 0 Å². The van der Waals surface area contributed by atoms with E-state index in [-0.39, 0.29) is 12.2 Å². The number of halogens is 3. The van der Waals surface area contributed by atoms with Crippen molar-refractivity contribution < 1.29 is 23.1 Å². The van der Waals surface area contributed by atoms with Gasteiger partial charge in [0.1, 0.15) is 0 Å². The van der Waals surface area contributed by atoms with Gasteiger partial charge in [0.25, 0.3) is 0 Å². The molecule has 2 amide bonds. The van der Waals surface area contributed by atoms with Crippen LogP contribution in [0.25, 0.3) is 0 Å². The Morgan fingerprint density at radius 2 is 2.13 bits per heavy atom. The maximum atomic E-state index is 12.9. The van der Waals surface area contributed by atoms with Gasteiger partial charge in [0.15, 0.2) is 0 Å². The number of rotatable bonds is 2. The monoisotopic (exact) mass is 334 g/mol. The molecule has 0 aliphatic carbocycles. The Balaban J connectivity index is 1.99. The number of aromatic nitrogens is 2. The van der Waals surface area contributed by atoms with Gasteiger partial charge in [-0.25, -0.2) is 4.79 Å². The molecule has 0 spiro atoms. The highest BCUT2D eigenvalue weighted by Crippen LogP contribution is 2.31. The van der Waals surface area contributed by atoms with Crippen molar-refractivity contribution in [1.29, 1.82) is 0 Å². The average molecular weight is 334 g/mol. The number of nitrogens with zero attached hydrogens (tertiary/aromatic N) is 3. The SMILES string of the molecule is Cn1ncc(C(F)(F)F)c1CNC(=O)N1CCCC(C)(O)CC1. The van der Waals surface area contributed by atoms with Crippen molar-refractivity contribution in [1.82, 2.24) is 20.0 Å². The molecule has 2 N–H and O–H groups in total. The van der Waals surface area contributed by atoms with Crippen molar-refractivity contribution in [3.05, 3.63) is 17.5 Å². The molecule has 0 saturated carbocycles. The maximum absolute atomic E-state index is 12.9. The molecule has 1 unspecified atom stereocenters. The van der Waals surface area contributed by atoms with Crippen LogP contribution in [0.3, 0.4) is 0 Å². The number of hydrogen-bond donors (Lipinski definition) is 2. The van der Waals surface area contributed by atoms with E-state index in [1.54, 1.807) is 6.92 Å². The molecule has 1 atom stereocenters. The van der Waals surface area contributed by atoms with Gasteiger partial charge in [-0.2, -0.15) is 18.3 Å². The normalized spacial score (nSPS) is 22.8. The van der Waals surface area contributed by atoms with E-state index in [1.165, 1.54) is 11.9 Å². The van der Waals surface area contributed by atoms with Crippen LogP contribution in [0.5, 0.6) is 0 Å². The lowest BCUT2D eigenvalue weighted by Crippen LogP contribution is -2.41. The first-order valence-corrected chi connectivity index (χ1v) is 7.43. The summed E-state index contributed by atoms with van der Waals surface area (Å²) >= 11 is 0. The van der Waals surface area contributed by atoms with Crippen molar-refractivity contribution in [2.75, 3.05) is 13.1 Å². The summed E-state index contributed by atoms with van der Waals surface area (Å²) in [5, 5.41) is 16.1. The Morgan fingerprint density at radius 3 is 2.78 bits per heavy atom. The average Bonchev–Trinajstić information content (AvgIpc) is 2.70. The van der Waals surface area contributed by atoms with E-state index in [0.717, 1.165) is 10.9 Å². The zero-order valence-electron chi connectivity index (χ0n) is 13.2. The highest BCUT2D eigenvalue weighted by molar-refractivity contribution is 5.74. The molecule has 1 saturated heterocycles. The van der Waals surface area contributed by atoms with Crippen LogP contribution < -0.4 is 5.32 Å². The molecule has 23 heavy (non-hydrogen) atoms. The quantitative estimate of drug-likeness (QED) is 0.868. The smallest absolute Gasteiger partial charge is 0.390 e. The molecular formula is C14H21F3N4O2. The molecule has 2 rings (SSSR count). The summed E-state index contributed by atoms with van der Waals surface area (Å²) in [4.78, 5) is 13.7. The van der Waals surface area contributed by atoms with Gasteiger partial charge in [-0.05, 0) is 26.2 Å². The molecule has 6 nitrogen and oxygen atoms in total. The molecule has 9 heteroatoms. The van der Waals surface area contributed by atoms with E-state index in [1.807, 2.05) is 0 Å². The second-order valence-electron chi connectivity index (χ2n) is 6.12. The minimum absolute atomic E-state index is 0.0901. The first-order chi connectivity index (χ1) is 10.6. The molecule has 1 aromatic rings. The van der Waals surface area contributed by atoms with Crippen molar-refractivity contribution >= 4 is 6.03 Å². The highest BCUT2D eigenvalue weighted by atomic mass is 19.4. The van der Waals surface area contributed by atoms with Crippen LogP contribution in [0.15, 0.2) is 6.20 Å². The Labute approximate surface area is 132 Å². The molecule has 1 aliphatic rings. The van der Waals surface area contributed by atoms with E-state index in [9.17, 15) is 23.1 Å². The van der Waals surface area contributed by atoms with Crippen LogP contribution in [0.4, 0.5) is 18.0 Å². The standard InChI is InChI=1S/C14H21F3N4O2/c1-13(23)4-3-6-21(7-5-13)12(22)18-9-11-10(14(15,16)17)8-19-20(11)2/h8,23H,3-7,9H2,1-2H3,(H,18,22). The number of amides is 2. The first kappa shape index (κ1) is 17.6. The highest BCUT2D eigenvalue weighted by Gasteiger charge is 2.36. The summed E-state index contributed by atoms with van der Waals surface area (Å²) in [7, 11) is 1.40. The van der Waals surface area contributed by atoms with Crippen molar-refractivity contribution in [2.24, 2.45) is 7.05 Å². The molecule has 0 bridgehead atoms. The van der Waals surface area contributed by atoms with Gasteiger partial charge in [0, 0.05) is 20.1 Å².